The molecule has 1 N–H and O–H groups in total. The van der Waals surface area contributed by atoms with Crippen molar-refractivity contribution in [3.05, 3.63) is 58.3 Å². The third-order valence-electron chi connectivity index (χ3n) is 4.24. The van der Waals surface area contributed by atoms with E-state index in [1.54, 1.807) is 18.2 Å². The smallest absolute Gasteiger partial charge is 0.257 e. The van der Waals surface area contributed by atoms with E-state index >= 15 is 0 Å². The minimum absolute atomic E-state index is 0.000363. The Labute approximate surface area is 160 Å². The molecule has 0 spiro atoms. The van der Waals surface area contributed by atoms with Gasteiger partial charge in [-0.3, -0.25) is 4.79 Å². The van der Waals surface area contributed by atoms with Gasteiger partial charge in [0, 0.05) is 17.6 Å². The van der Waals surface area contributed by atoms with Gasteiger partial charge in [-0.2, -0.15) is 4.31 Å². The van der Waals surface area contributed by atoms with Gasteiger partial charge < -0.3 is 5.32 Å². The van der Waals surface area contributed by atoms with Gasteiger partial charge in [0.1, 0.15) is 5.82 Å². The number of rotatable bonds is 4. The van der Waals surface area contributed by atoms with Crippen molar-refractivity contribution in [1.82, 2.24) is 4.31 Å². The Kier molecular flexibility index (Phi) is 5.74. The van der Waals surface area contributed by atoms with Crippen LogP contribution in [0.1, 0.15) is 29.6 Å². The van der Waals surface area contributed by atoms with Crippen LogP contribution in [0, 0.1) is 5.82 Å². The van der Waals surface area contributed by atoms with Crippen LogP contribution in [0.3, 0.4) is 0 Å². The lowest BCUT2D eigenvalue weighted by Gasteiger charge is -2.26. The van der Waals surface area contributed by atoms with E-state index in [0.29, 0.717) is 17.6 Å². The second-order valence-electron chi connectivity index (χ2n) is 6.04. The molecule has 2 aromatic rings. The summed E-state index contributed by atoms with van der Waals surface area (Å²) in [5, 5.41) is 2.45. The van der Waals surface area contributed by atoms with Gasteiger partial charge in [0.05, 0.1) is 16.1 Å². The minimum atomic E-state index is -3.78. The Morgan fingerprint density at radius 1 is 1.08 bits per heavy atom. The van der Waals surface area contributed by atoms with E-state index in [0.717, 1.165) is 19.3 Å². The minimum Gasteiger partial charge on any atom is -0.319 e. The van der Waals surface area contributed by atoms with Crippen LogP contribution < -0.4 is 5.32 Å². The first-order valence-electron chi connectivity index (χ1n) is 8.25. The van der Waals surface area contributed by atoms with Crippen molar-refractivity contribution in [3.8, 4) is 0 Å². The molecule has 8 heteroatoms. The number of piperidine rings is 1. The van der Waals surface area contributed by atoms with Crippen LogP contribution in [0.4, 0.5) is 10.1 Å². The molecular formula is C18H18BrFN2O3S. The lowest BCUT2D eigenvalue weighted by molar-refractivity contribution is 0.102. The van der Waals surface area contributed by atoms with Gasteiger partial charge in [-0.25, -0.2) is 12.8 Å². The normalized spacial score (nSPS) is 15.6. The zero-order chi connectivity index (χ0) is 18.7. The maximum absolute atomic E-state index is 14.0. The lowest BCUT2D eigenvalue weighted by atomic mass is 10.2. The molecule has 2 aromatic carbocycles. The second kappa shape index (κ2) is 7.85. The van der Waals surface area contributed by atoms with Crippen molar-refractivity contribution in [2.45, 2.75) is 24.2 Å². The van der Waals surface area contributed by atoms with Gasteiger partial charge >= 0.3 is 0 Å². The maximum Gasteiger partial charge on any atom is 0.257 e. The number of carbonyl (C=O) groups excluding carboxylic acids is 1. The average molecular weight is 441 g/mol. The molecule has 1 aliphatic rings. The van der Waals surface area contributed by atoms with E-state index in [9.17, 15) is 17.6 Å². The zero-order valence-electron chi connectivity index (χ0n) is 13.9. The fourth-order valence-electron chi connectivity index (χ4n) is 2.90. The molecule has 0 aromatic heterocycles. The number of hydrogen-bond acceptors (Lipinski definition) is 3. The standard InChI is InChI=1S/C18H18BrFN2O3S/c19-13-8-9-16(15(20)12-13)21-18(23)14-6-2-3-7-17(14)26(24,25)22-10-4-1-5-11-22/h2-3,6-9,12H,1,4-5,10-11H2,(H,21,23). The number of benzene rings is 2. The predicted octanol–water partition coefficient (Wildman–Crippen LogP) is 4.02. The lowest BCUT2D eigenvalue weighted by Crippen LogP contribution is -2.36. The summed E-state index contributed by atoms with van der Waals surface area (Å²) in [5.74, 6) is -1.27. The van der Waals surface area contributed by atoms with Crippen molar-refractivity contribution in [3.63, 3.8) is 0 Å². The zero-order valence-corrected chi connectivity index (χ0v) is 16.3. The molecule has 0 aliphatic carbocycles. The second-order valence-corrected chi connectivity index (χ2v) is 8.86. The number of nitrogens with zero attached hydrogens (tertiary/aromatic N) is 1. The van der Waals surface area contributed by atoms with E-state index in [-0.39, 0.29) is 16.1 Å². The fraction of sp³-hybridized carbons (Fsp3) is 0.278. The molecule has 3 rings (SSSR count). The third-order valence-corrected chi connectivity index (χ3v) is 6.69. The van der Waals surface area contributed by atoms with Crippen LogP contribution in [-0.4, -0.2) is 31.7 Å². The van der Waals surface area contributed by atoms with Crippen LogP contribution in [0.5, 0.6) is 0 Å². The van der Waals surface area contributed by atoms with Crippen LogP contribution in [0.25, 0.3) is 0 Å². The van der Waals surface area contributed by atoms with Crippen LogP contribution in [0.2, 0.25) is 0 Å². The van der Waals surface area contributed by atoms with Crippen molar-refractivity contribution < 1.29 is 17.6 Å². The summed E-state index contributed by atoms with van der Waals surface area (Å²) in [4.78, 5) is 12.6. The molecular weight excluding hydrogens is 423 g/mol. The first kappa shape index (κ1) is 19.0. The van der Waals surface area contributed by atoms with Crippen molar-refractivity contribution >= 4 is 37.5 Å². The average Bonchev–Trinajstić information content (AvgIpc) is 2.64. The molecule has 0 bridgehead atoms. The van der Waals surface area contributed by atoms with Gasteiger partial charge in [0.25, 0.3) is 5.91 Å². The molecule has 1 heterocycles. The fourth-order valence-corrected chi connectivity index (χ4v) is 4.94. The van der Waals surface area contributed by atoms with Gasteiger partial charge in [-0.1, -0.05) is 34.5 Å². The van der Waals surface area contributed by atoms with Crippen LogP contribution in [-0.2, 0) is 10.0 Å². The molecule has 1 fully saturated rings. The largest absolute Gasteiger partial charge is 0.319 e. The summed E-state index contributed by atoms with van der Waals surface area (Å²) in [6.45, 7) is 0.888. The van der Waals surface area contributed by atoms with Crippen molar-refractivity contribution in [2.24, 2.45) is 0 Å². The molecule has 1 amide bonds. The Morgan fingerprint density at radius 3 is 2.46 bits per heavy atom. The summed E-state index contributed by atoms with van der Waals surface area (Å²) in [6.07, 6.45) is 2.60. The number of carbonyl (C=O) groups is 1. The number of sulfonamides is 1. The van der Waals surface area contributed by atoms with Crippen LogP contribution in [0.15, 0.2) is 51.8 Å². The molecule has 5 nitrogen and oxygen atoms in total. The number of halogens is 2. The Morgan fingerprint density at radius 2 is 1.77 bits per heavy atom. The highest BCUT2D eigenvalue weighted by atomic mass is 79.9. The summed E-state index contributed by atoms with van der Waals surface area (Å²) >= 11 is 3.15. The summed E-state index contributed by atoms with van der Waals surface area (Å²) in [7, 11) is -3.78. The summed E-state index contributed by atoms with van der Waals surface area (Å²) < 4.78 is 41.8. The summed E-state index contributed by atoms with van der Waals surface area (Å²) in [5.41, 5.74) is -0.0104. The SMILES string of the molecule is O=C(Nc1ccc(Br)cc1F)c1ccccc1S(=O)(=O)N1CCCCC1. The molecule has 1 aliphatic heterocycles. The van der Waals surface area contributed by atoms with E-state index in [1.165, 1.54) is 28.6 Å². The summed E-state index contributed by atoms with van der Waals surface area (Å²) in [6, 6.07) is 10.2. The van der Waals surface area contributed by atoms with Crippen molar-refractivity contribution in [1.29, 1.82) is 0 Å². The Hall–Kier alpha value is -1.77. The molecule has 0 unspecified atom stereocenters. The first-order valence-corrected chi connectivity index (χ1v) is 10.5. The highest BCUT2D eigenvalue weighted by Crippen LogP contribution is 2.25. The highest BCUT2D eigenvalue weighted by Gasteiger charge is 2.29. The topological polar surface area (TPSA) is 66.5 Å². The predicted molar refractivity (Wildman–Crippen MR) is 101 cm³/mol. The van der Waals surface area contributed by atoms with Crippen molar-refractivity contribution in [2.75, 3.05) is 18.4 Å². The first-order chi connectivity index (χ1) is 12.4. The molecule has 0 saturated carbocycles. The molecule has 138 valence electrons. The molecule has 0 atom stereocenters. The highest BCUT2D eigenvalue weighted by molar-refractivity contribution is 9.10. The van der Waals surface area contributed by atoms with E-state index in [4.69, 9.17) is 0 Å². The quantitative estimate of drug-likeness (QED) is 0.780. The number of nitrogens with one attached hydrogen (secondary N) is 1. The molecule has 0 radical (unpaired) electrons. The van der Waals surface area contributed by atoms with E-state index < -0.39 is 21.7 Å². The van der Waals surface area contributed by atoms with E-state index in [2.05, 4.69) is 21.2 Å². The Balaban J connectivity index is 1.92. The van der Waals surface area contributed by atoms with Gasteiger partial charge in [0.15, 0.2) is 0 Å². The molecule has 26 heavy (non-hydrogen) atoms. The number of amides is 1. The van der Waals surface area contributed by atoms with Gasteiger partial charge in [-0.05, 0) is 43.2 Å². The maximum atomic E-state index is 14.0. The molecule has 1 saturated heterocycles. The van der Waals surface area contributed by atoms with E-state index in [1.807, 2.05) is 0 Å². The van der Waals surface area contributed by atoms with Gasteiger partial charge in [0.2, 0.25) is 10.0 Å². The third kappa shape index (κ3) is 3.97. The number of anilines is 1. The van der Waals surface area contributed by atoms with Gasteiger partial charge in [-0.15, -0.1) is 0 Å². The Bertz CT molecular complexity index is 928. The monoisotopic (exact) mass is 440 g/mol. The van der Waals surface area contributed by atoms with Crippen LogP contribution >= 0.6 is 15.9 Å². The number of hydrogen-bond donors (Lipinski definition) is 1.